The van der Waals surface area contributed by atoms with Crippen LogP contribution in [0.5, 0.6) is 0 Å². The molecule has 1 unspecified atom stereocenters. The molecule has 0 spiro atoms. The first-order valence-corrected chi connectivity index (χ1v) is 5.25. The lowest BCUT2D eigenvalue weighted by atomic mass is 10.1. The number of aromatic nitrogens is 1. The monoisotopic (exact) mass is 217 g/mol. The Morgan fingerprint density at radius 1 is 1.69 bits per heavy atom. The average Bonchev–Trinajstić information content (AvgIpc) is 2.29. The SMILES string of the molecule is CCC(C#N)C(=O)NCc1cnccc1C. The van der Waals surface area contributed by atoms with Gasteiger partial charge in [-0.2, -0.15) is 5.26 Å². The number of pyridine rings is 1. The second-order valence-electron chi connectivity index (χ2n) is 3.61. The minimum atomic E-state index is -0.558. The number of nitrogens with one attached hydrogen (secondary N) is 1. The van der Waals surface area contributed by atoms with Crippen molar-refractivity contribution >= 4 is 5.91 Å². The van der Waals surface area contributed by atoms with Crippen LogP contribution in [-0.2, 0) is 11.3 Å². The van der Waals surface area contributed by atoms with E-state index in [2.05, 4.69) is 10.3 Å². The first-order chi connectivity index (χ1) is 7.69. The number of nitriles is 1. The fourth-order valence-corrected chi connectivity index (χ4v) is 1.32. The van der Waals surface area contributed by atoms with Crippen LogP contribution in [0, 0.1) is 24.2 Å². The van der Waals surface area contributed by atoms with Gasteiger partial charge in [0.15, 0.2) is 0 Å². The number of hydrogen-bond donors (Lipinski definition) is 1. The maximum Gasteiger partial charge on any atom is 0.237 e. The molecule has 0 aliphatic rings. The maximum absolute atomic E-state index is 11.5. The van der Waals surface area contributed by atoms with Crippen LogP contribution >= 0.6 is 0 Å². The zero-order chi connectivity index (χ0) is 12.0. The maximum atomic E-state index is 11.5. The van der Waals surface area contributed by atoms with Crippen molar-refractivity contribution in [2.24, 2.45) is 5.92 Å². The smallest absolute Gasteiger partial charge is 0.237 e. The van der Waals surface area contributed by atoms with Crippen LogP contribution in [0.4, 0.5) is 0 Å². The van der Waals surface area contributed by atoms with Crippen LogP contribution in [-0.4, -0.2) is 10.9 Å². The molecule has 0 bridgehead atoms. The molecular weight excluding hydrogens is 202 g/mol. The molecule has 0 aliphatic heterocycles. The summed E-state index contributed by atoms with van der Waals surface area (Å²) in [7, 11) is 0. The molecule has 1 aromatic heterocycles. The number of aryl methyl sites for hydroxylation is 1. The largest absolute Gasteiger partial charge is 0.351 e. The molecule has 1 aromatic rings. The quantitative estimate of drug-likeness (QED) is 0.832. The molecule has 1 atom stereocenters. The number of hydrogen-bond acceptors (Lipinski definition) is 3. The van der Waals surface area contributed by atoms with E-state index >= 15 is 0 Å². The van der Waals surface area contributed by atoms with E-state index in [0.29, 0.717) is 13.0 Å². The molecule has 1 amide bonds. The zero-order valence-corrected chi connectivity index (χ0v) is 9.53. The van der Waals surface area contributed by atoms with Crippen LogP contribution in [0.15, 0.2) is 18.5 Å². The molecule has 0 saturated carbocycles. The number of rotatable bonds is 4. The molecule has 84 valence electrons. The lowest BCUT2D eigenvalue weighted by Crippen LogP contribution is -2.29. The number of nitrogens with zero attached hydrogens (tertiary/aromatic N) is 2. The van der Waals surface area contributed by atoms with Crippen molar-refractivity contribution < 1.29 is 4.79 Å². The van der Waals surface area contributed by atoms with Gasteiger partial charge in [-0.25, -0.2) is 0 Å². The van der Waals surface area contributed by atoms with Gasteiger partial charge in [0.2, 0.25) is 5.91 Å². The highest BCUT2D eigenvalue weighted by Gasteiger charge is 2.14. The predicted octanol–water partition coefficient (Wildman–Crippen LogP) is 1.56. The van der Waals surface area contributed by atoms with Crippen LogP contribution in [0.2, 0.25) is 0 Å². The third-order valence-electron chi connectivity index (χ3n) is 2.48. The molecule has 0 aromatic carbocycles. The van der Waals surface area contributed by atoms with Gasteiger partial charge in [0, 0.05) is 18.9 Å². The summed E-state index contributed by atoms with van der Waals surface area (Å²) in [6.07, 6.45) is 3.97. The van der Waals surface area contributed by atoms with E-state index in [9.17, 15) is 4.79 Å². The highest BCUT2D eigenvalue weighted by atomic mass is 16.1. The molecule has 0 radical (unpaired) electrons. The minimum absolute atomic E-state index is 0.215. The van der Waals surface area contributed by atoms with Crippen molar-refractivity contribution in [3.8, 4) is 6.07 Å². The van der Waals surface area contributed by atoms with Gasteiger partial charge in [-0.1, -0.05) is 6.92 Å². The van der Waals surface area contributed by atoms with Crippen LogP contribution in [0.25, 0.3) is 0 Å². The van der Waals surface area contributed by atoms with Crippen LogP contribution < -0.4 is 5.32 Å². The summed E-state index contributed by atoms with van der Waals surface area (Å²) in [5.41, 5.74) is 2.06. The lowest BCUT2D eigenvalue weighted by molar-refractivity contribution is -0.123. The molecule has 4 nitrogen and oxygen atoms in total. The third kappa shape index (κ3) is 3.06. The van der Waals surface area contributed by atoms with Crippen molar-refractivity contribution in [1.29, 1.82) is 5.26 Å². The average molecular weight is 217 g/mol. The van der Waals surface area contributed by atoms with E-state index in [4.69, 9.17) is 5.26 Å². The molecule has 0 aliphatic carbocycles. The summed E-state index contributed by atoms with van der Waals surface area (Å²) in [6, 6.07) is 3.87. The Balaban J connectivity index is 2.56. The van der Waals surface area contributed by atoms with Gasteiger partial charge < -0.3 is 5.32 Å². The van der Waals surface area contributed by atoms with Gasteiger partial charge in [0.25, 0.3) is 0 Å². The molecule has 16 heavy (non-hydrogen) atoms. The van der Waals surface area contributed by atoms with E-state index < -0.39 is 5.92 Å². The summed E-state index contributed by atoms with van der Waals surface area (Å²) in [6.45, 7) is 4.21. The fraction of sp³-hybridized carbons (Fsp3) is 0.417. The predicted molar refractivity (Wildman–Crippen MR) is 60.2 cm³/mol. The van der Waals surface area contributed by atoms with Crippen molar-refractivity contribution in [1.82, 2.24) is 10.3 Å². The van der Waals surface area contributed by atoms with Crippen molar-refractivity contribution in [2.75, 3.05) is 0 Å². The topological polar surface area (TPSA) is 65.8 Å². The zero-order valence-electron chi connectivity index (χ0n) is 9.53. The number of carbonyl (C=O) groups is 1. The van der Waals surface area contributed by atoms with Gasteiger partial charge in [0.05, 0.1) is 6.07 Å². The highest BCUT2D eigenvalue weighted by Crippen LogP contribution is 2.05. The first kappa shape index (κ1) is 12.2. The Hall–Kier alpha value is -1.89. The standard InChI is InChI=1S/C12H15N3O/c1-3-10(6-13)12(16)15-8-11-7-14-5-4-9(11)2/h4-5,7,10H,3,8H2,1-2H3,(H,15,16). The van der Waals surface area contributed by atoms with Crippen molar-refractivity contribution in [2.45, 2.75) is 26.8 Å². The highest BCUT2D eigenvalue weighted by molar-refractivity contribution is 5.80. The first-order valence-electron chi connectivity index (χ1n) is 5.25. The van der Waals surface area contributed by atoms with Crippen LogP contribution in [0.3, 0.4) is 0 Å². The molecule has 1 heterocycles. The normalized spacial score (nSPS) is 11.6. The second-order valence-corrected chi connectivity index (χ2v) is 3.61. The summed E-state index contributed by atoms with van der Waals surface area (Å²) >= 11 is 0. The van der Waals surface area contributed by atoms with Crippen molar-refractivity contribution in [3.05, 3.63) is 29.6 Å². The Morgan fingerprint density at radius 2 is 2.44 bits per heavy atom. The van der Waals surface area contributed by atoms with Gasteiger partial charge >= 0.3 is 0 Å². The van der Waals surface area contributed by atoms with Crippen molar-refractivity contribution in [3.63, 3.8) is 0 Å². The third-order valence-corrected chi connectivity index (χ3v) is 2.48. The number of amides is 1. The molecular formula is C12H15N3O. The Bertz CT molecular complexity index is 409. The molecule has 1 rings (SSSR count). The van der Waals surface area contributed by atoms with E-state index in [1.165, 1.54) is 0 Å². The Labute approximate surface area is 95.3 Å². The van der Waals surface area contributed by atoms with Gasteiger partial charge in [-0.3, -0.25) is 9.78 Å². The summed E-state index contributed by atoms with van der Waals surface area (Å²) in [5.74, 6) is -0.773. The van der Waals surface area contributed by atoms with E-state index in [0.717, 1.165) is 11.1 Å². The van der Waals surface area contributed by atoms with E-state index in [1.807, 2.05) is 26.0 Å². The van der Waals surface area contributed by atoms with E-state index in [-0.39, 0.29) is 5.91 Å². The van der Waals surface area contributed by atoms with Gasteiger partial charge in [-0.05, 0) is 30.5 Å². The van der Waals surface area contributed by atoms with Gasteiger partial charge in [0.1, 0.15) is 5.92 Å². The summed E-state index contributed by atoms with van der Waals surface area (Å²) in [5, 5.41) is 11.5. The number of carbonyl (C=O) groups excluding carboxylic acids is 1. The summed E-state index contributed by atoms with van der Waals surface area (Å²) in [4.78, 5) is 15.5. The Morgan fingerprint density at radius 3 is 3.00 bits per heavy atom. The van der Waals surface area contributed by atoms with Crippen LogP contribution in [0.1, 0.15) is 24.5 Å². The minimum Gasteiger partial charge on any atom is -0.351 e. The lowest BCUT2D eigenvalue weighted by Gasteiger charge is -2.09. The van der Waals surface area contributed by atoms with E-state index in [1.54, 1.807) is 12.4 Å². The second kappa shape index (κ2) is 5.86. The fourth-order valence-electron chi connectivity index (χ4n) is 1.32. The molecule has 0 fully saturated rings. The molecule has 4 heteroatoms. The van der Waals surface area contributed by atoms with Gasteiger partial charge in [-0.15, -0.1) is 0 Å². The Kier molecular flexibility index (Phi) is 4.46. The molecule has 1 N–H and O–H groups in total. The summed E-state index contributed by atoms with van der Waals surface area (Å²) < 4.78 is 0. The molecule has 0 saturated heterocycles.